The minimum atomic E-state index is 0.733. The van der Waals surface area contributed by atoms with E-state index in [1.165, 1.54) is 69.7 Å². The first-order chi connectivity index (χ1) is 8.88. The minimum Gasteiger partial charge on any atom is -0.332 e. The third-order valence-corrected chi connectivity index (χ3v) is 4.66. The molecule has 1 atom stereocenters. The van der Waals surface area contributed by atoms with Crippen molar-refractivity contribution >= 4 is 0 Å². The van der Waals surface area contributed by atoms with Gasteiger partial charge >= 0.3 is 0 Å². The molecule has 1 unspecified atom stereocenters. The summed E-state index contributed by atoms with van der Waals surface area (Å²) < 4.78 is 2.49. The van der Waals surface area contributed by atoms with Crippen LogP contribution in [0.25, 0.3) is 0 Å². The molecule has 18 heavy (non-hydrogen) atoms. The lowest BCUT2D eigenvalue weighted by atomic mass is 9.99. The van der Waals surface area contributed by atoms with Crippen molar-refractivity contribution in [1.29, 1.82) is 0 Å². The van der Waals surface area contributed by atoms with Gasteiger partial charge in [0.2, 0.25) is 0 Å². The number of likely N-dealkylation sites (tertiary alicyclic amines) is 1. The Kier molecular flexibility index (Phi) is 3.69. The summed E-state index contributed by atoms with van der Waals surface area (Å²) in [6.45, 7) is 5.97. The Labute approximate surface area is 110 Å². The molecule has 1 aromatic rings. The quantitative estimate of drug-likeness (QED) is 0.818. The molecule has 3 rings (SSSR count). The van der Waals surface area contributed by atoms with Gasteiger partial charge in [0.05, 0.1) is 0 Å². The third kappa shape index (κ3) is 2.33. The van der Waals surface area contributed by atoms with E-state index in [4.69, 9.17) is 4.98 Å². The fraction of sp³-hybridized carbons (Fsp3) is 0.800. The Morgan fingerprint density at radius 1 is 1.22 bits per heavy atom. The smallest absolute Gasteiger partial charge is 0.110 e. The topological polar surface area (TPSA) is 21.1 Å². The Bertz CT molecular complexity index is 396. The fourth-order valence-electron chi connectivity index (χ4n) is 3.58. The average molecular weight is 247 g/mol. The summed E-state index contributed by atoms with van der Waals surface area (Å²) in [5.74, 6) is 1.34. The number of hydrogen-bond acceptors (Lipinski definition) is 2. The average Bonchev–Trinajstić information content (AvgIpc) is 2.83. The number of hydrogen-bond donors (Lipinski definition) is 0. The molecule has 3 heteroatoms. The SMILES string of the molecule is CCN1CCCCC1Cc1ncc2n1CCCC2. The first-order valence-corrected chi connectivity index (χ1v) is 7.66. The highest BCUT2D eigenvalue weighted by Crippen LogP contribution is 2.22. The van der Waals surface area contributed by atoms with Crippen molar-refractivity contribution in [1.82, 2.24) is 14.5 Å². The highest BCUT2D eigenvalue weighted by atomic mass is 15.2. The molecule has 1 saturated heterocycles. The second-order valence-corrected chi connectivity index (χ2v) is 5.76. The van der Waals surface area contributed by atoms with E-state index in [1.54, 1.807) is 0 Å². The zero-order valence-corrected chi connectivity index (χ0v) is 11.6. The maximum atomic E-state index is 4.70. The number of aromatic nitrogens is 2. The summed E-state index contributed by atoms with van der Waals surface area (Å²) in [4.78, 5) is 7.34. The van der Waals surface area contributed by atoms with Crippen LogP contribution in [0.5, 0.6) is 0 Å². The number of likely N-dealkylation sites (N-methyl/N-ethyl adjacent to an activating group) is 1. The van der Waals surface area contributed by atoms with Crippen molar-refractivity contribution < 1.29 is 0 Å². The van der Waals surface area contributed by atoms with Gasteiger partial charge in [0.25, 0.3) is 0 Å². The first kappa shape index (κ1) is 12.2. The van der Waals surface area contributed by atoms with E-state index in [9.17, 15) is 0 Å². The van der Waals surface area contributed by atoms with Crippen LogP contribution < -0.4 is 0 Å². The summed E-state index contributed by atoms with van der Waals surface area (Å²) in [7, 11) is 0. The number of imidazole rings is 1. The summed E-state index contributed by atoms with van der Waals surface area (Å²) in [5.41, 5.74) is 1.47. The van der Waals surface area contributed by atoms with Crippen LogP contribution >= 0.6 is 0 Å². The lowest BCUT2D eigenvalue weighted by molar-refractivity contribution is 0.152. The predicted octanol–water partition coefficient (Wildman–Crippen LogP) is 2.64. The molecule has 3 nitrogen and oxygen atoms in total. The van der Waals surface area contributed by atoms with Crippen LogP contribution in [-0.4, -0.2) is 33.6 Å². The molecule has 2 aliphatic rings. The molecular formula is C15H25N3. The number of fused-ring (bicyclic) bond motifs is 1. The van der Waals surface area contributed by atoms with Crippen LogP contribution in [0.2, 0.25) is 0 Å². The van der Waals surface area contributed by atoms with Crippen molar-refractivity contribution in [3.63, 3.8) is 0 Å². The first-order valence-electron chi connectivity index (χ1n) is 7.66. The molecule has 0 radical (unpaired) electrons. The maximum Gasteiger partial charge on any atom is 0.110 e. The fourth-order valence-corrected chi connectivity index (χ4v) is 3.58. The zero-order chi connectivity index (χ0) is 12.4. The molecular weight excluding hydrogens is 222 g/mol. The Balaban J connectivity index is 1.73. The molecule has 0 aliphatic carbocycles. The van der Waals surface area contributed by atoms with Crippen LogP contribution in [0.15, 0.2) is 6.20 Å². The summed E-state index contributed by atoms with van der Waals surface area (Å²) >= 11 is 0. The minimum absolute atomic E-state index is 0.733. The number of aryl methyl sites for hydroxylation is 1. The monoisotopic (exact) mass is 247 g/mol. The third-order valence-electron chi connectivity index (χ3n) is 4.66. The van der Waals surface area contributed by atoms with Crippen molar-refractivity contribution in [3.05, 3.63) is 17.7 Å². The van der Waals surface area contributed by atoms with E-state index >= 15 is 0 Å². The summed E-state index contributed by atoms with van der Waals surface area (Å²) in [6, 6.07) is 0.733. The van der Waals surface area contributed by atoms with Crippen LogP contribution in [0.3, 0.4) is 0 Å². The van der Waals surface area contributed by atoms with Gasteiger partial charge in [-0.25, -0.2) is 4.98 Å². The van der Waals surface area contributed by atoms with Crippen LogP contribution in [0.1, 0.15) is 50.5 Å². The zero-order valence-electron chi connectivity index (χ0n) is 11.6. The predicted molar refractivity (Wildman–Crippen MR) is 73.8 cm³/mol. The second-order valence-electron chi connectivity index (χ2n) is 5.76. The molecule has 3 heterocycles. The molecule has 0 saturated carbocycles. The highest BCUT2D eigenvalue weighted by Gasteiger charge is 2.24. The van der Waals surface area contributed by atoms with E-state index in [0.29, 0.717) is 0 Å². The maximum absolute atomic E-state index is 4.70. The lowest BCUT2D eigenvalue weighted by Gasteiger charge is -2.35. The molecule has 2 aliphatic heterocycles. The van der Waals surface area contributed by atoms with Gasteiger partial charge in [0.1, 0.15) is 5.82 Å². The molecule has 0 aromatic carbocycles. The number of nitrogens with zero attached hydrogens (tertiary/aromatic N) is 3. The molecule has 100 valence electrons. The Hall–Kier alpha value is -0.830. The highest BCUT2D eigenvalue weighted by molar-refractivity contribution is 5.09. The van der Waals surface area contributed by atoms with Gasteiger partial charge < -0.3 is 9.47 Å². The van der Waals surface area contributed by atoms with Gasteiger partial charge in [-0.3, -0.25) is 0 Å². The van der Waals surface area contributed by atoms with Crippen molar-refractivity contribution in [2.75, 3.05) is 13.1 Å². The van der Waals surface area contributed by atoms with E-state index in [2.05, 4.69) is 22.6 Å². The molecule has 0 amide bonds. The number of piperidine rings is 1. The molecule has 1 fully saturated rings. The molecule has 0 bridgehead atoms. The van der Waals surface area contributed by atoms with Gasteiger partial charge in [-0.05, 0) is 45.2 Å². The van der Waals surface area contributed by atoms with E-state index in [0.717, 1.165) is 12.5 Å². The standard InChI is InChI=1S/C15H25N3/c1-2-17-9-5-3-7-13(17)11-15-16-12-14-8-4-6-10-18(14)15/h12-13H,2-11H2,1H3. The Morgan fingerprint density at radius 2 is 2.11 bits per heavy atom. The molecule has 0 N–H and O–H groups in total. The van der Waals surface area contributed by atoms with Gasteiger partial charge in [0, 0.05) is 30.9 Å². The van der Waals surface area contributed by atoms with Crippen LogP contribution in [-0.2, 0) is 19.4 Å². The van der Waals surface area contributed by atoms with E-state index < -0.39 is 0 Å². The van der Waals surface area contributed by atoms with Gasteiger partial charge in [-0.2, -0.15) is 0 Å². The van der Waals surface area contributed by atoms with Crippen molar-refractivity contribution in [2.45, 2.75) is 64.5 Å². The van der Waals surface area contributed by atoms with Crippen LogP contribution in [0, 0.1) is 0 Å². The molecule has 0 spiro atoms. The Morgan fingerprint density at radius 3 is 3.00 bits per heavy atom. The molecule has 1 aromatic heterocycles. The lowest BCUT2D eigenvalue weighted by Crippen LogP contribution is -2.41. The van der Waals surface area contributed by atoms with E-state index in [1.807, 2.05) is 0 Å². The van der Waals surface area contributed by atoms with Gasteiger partial charge in [-0.1, -0.05) is 13.3 Å². The largest absolute Gasteiger partial charge is 0.332 e. The number of rotatable bonds is 3. The van der Waals surface area contributed by atoms with E-state index in [-0.39, 0.29) is 0 Å². The van der Waals surface area contributed by atoms with Gasteiger partial charge in [0.15, 0.2) is 0 Å². The van der Waals surface area contributed by atoms with Gasteiger partial charge in [-0.15, -0.1) is 0 Å². The van der Waals surface area contributed by atoms with Crippen LogP contribution in [0.4, 0.5) is 0 Å². The normalized spacial score (nSPS) is 25.1. The van der Waals surface area contributed by atoms with Crippen molar-refractivity contribution in [2.24, 2.45) is 0 Å². The summed E-state index contributed by atoms with van der Waals surface area (Å²) in [5, 5.41) is 0. The van der Waals surface area contributed by atoms with Crippen molar-refractivity contribution in [3.8, 4) is 0 Å². The second kappa shape index (κ2) is 5.43. The summed E-state index contributed by atoms with van der Waals surface area (Å²) in [6.07, 6.45) is 11.3.